The van der Waals surface area contributed by atoms with Crippen molar-refractivity contribution in [3.8, 4) is 0 Å². The molecule has 2 saturated heterocycles. The smallest absolute Gasteiger partial charge is 0.228 e. The molecule has 6 heteroatoms. The Labute approximate surface area is 179 Å². The van der Waals surface area contributed by atoms with E-state index in [0.29, 0.717) is 24.1 Å². The van der Waals surface area contributed by atoms with Crippen LogP contribution in [0, 0.1) is 24.1 Å². The summed E-state index contributed by atoms with van der Waals surface area (Å²) in [7, 11) is 0. The van der Waals surface area contributed by atoms with Crippen molar-refractivity contribution in [2.24, 2.45) is 11.3 Å². The van der Waals surface area contributed by atoms with Crippen LogP contribution in [0.4, 0.5) is 4.39 Å². The lowest BCUT2D eigenvalue weighted by atomic mass is 9.61. The first-order valence-corrected chi connectivity index (χ1v) is 11.6. The van der Waals surface area contributed by atoms with E-state index in [-0.39, 0.29) is 17.1 Å². The highest BCUT2D eigenvalue weighted by Gasteiger charge is 2.52. The molecule has 1 amide bonds. The average Bonchev–Trinajstić information content (AvgIpc) is 2.79. The molecule has 30 heavy (non-hydrogen) atoms. The van der Waals surface area contributed by atoms with Gasteiger partial charge in [-0.1, -0.05) is 19.1 Å². The number of rotatable bonds is 5. The van der Waals surface area contributed by atoms with Crippen molar-refractivity contribution in [2.45, 2.75) is 52.1 Å². The van der Waals surface area contributed by atoms with Crippen molar-refractivity contribution in [1.29, 1.82) is 0 Å². The molecule has 1 aromatic rings. The van der Waals surface area contributed by atoms with Crippen LogP contribution in [-0.4, -0.2) is 67.7 Å². The summed E-state index contributed by atoms with van der Waals surface area (Å²) in [6.45, 7) is 11.0. The van der Waals surface area contributed by atoms with E-state index in [1.165, 1.54) is 6.07 Å². The van der Waals surface area contributed by atoms with Gasteiger partial charge in [0, 0.05) is 32.2 Å². The van der Waals surface area contributed by atoms with Crippen molar-refractivity contribution >= 4 is 5.91 Å². The van der Waals surface area contributed by atoms with Crippen molar-refractivity contribution in [3.05, 3.63) is 35.1 Å². The number of hydrogen-bond acceptors (Lipinski definition) is 4. The molecule has 3 aliphatic rings. The predicted octanol–water partition coefficient (Wildman–Crippen LogP) is 2.96. The number of fused-ring (bicyclic) bond motifs is 1. The van der Waals surface area contributed by atoms with Gasteiger partial charge in [-0.15, -0.1) is 0 Å². The van der Waals surface area contributed by atoms with Crippen LogP contribution < -0.4 is 5.32 Å². The van der Waals surface area contributed by atoms with E-state index in [4.69, 9.17) is 4.74 Å². The summed E-state index contributed by atoms with van der Waals surface area (Å²) in [5.41, 5.74) is 1.28. The fourth-order valence-corrected chi connectivity index (χ4v) is 5.81. The number of benzene rings is 1. The quantitative estimate of drug-likeness (QED) is 0.800. The highest BCUT2D eigenvalue weighted by atomic mass is 19.1. The molecule has 2 aliphatic heterocycles. The number of aryl methyl sites for hydroxylation is 1. The molecule has 3 atom stereocenters. The van der Waals surface area contributed by atoms with Gasteiger partial charge in [-0.2, -0.15) is 0 Å². The van der Waals surface area contributed by atoms with Crippen molar-refractivity contribution in [3.63, 3.8) is 0 Å². The third kappa shape index (κ3) is 4.41. The Morgan fingerprint density at radius 1 is 1.27 bits per heavy atom. The largest absolute Gasteiger partial charge is 0.379 e. The number of carbonyl (C=O) groups excluding carboxylic acids is 1. The summed E-state index contributed by atoms with van der Waals surface area (Å²) in [5.74, 6) is 0.418. The van der Waals surface area contributed by atoms with Crippen molar-refractivity contribution < 1.29 is 13.9 Å². The van der Waals surface area contributed by atoms with E-state index in [0.717, 1.165) is 77.2 Å². The minimum atomic E-state index is -0.299. The number of hydrogen-bond donors (Lipinski definition) is 1. The van der Waals surface area contributed by atoms with E-state index in [9.17, 15) is 9.18 Å². The van der Waals surface area contributed by atoms with Crippen LogP contribution >= 0.6 is 0 Å². The van der Waals surface area contributed by atoms with Gasteiger partial charge >= 0.3 is 0 Å². The van der Waals surface area contributed by atoms with Gasteiger partial charge in [0.25, 0.3) is 0 Å². The zero-order valence-electron chi connectivity index (χ0n) is 18.5. The number of nitrogens with one attached hydrogen (secondary N) is 1. The standard InChI is InChI=1S/C24H36FN3O2/c1-3-27-9-7-20-15-21(28-10-12-30-13-11-28)6-8-24(20,17-27)23(29)26-16-19-4-5-22(25)18(2)14-19/h4-5,14,20-21H,3,6-13,15-17H2,1-2H3,(H,26,29)/t20-,21+,24-/m1/s1. The van der Waals surface area contributed by atoms with Gasteiger partial charge in [0.15, 0.2) is 0 Å². The number of nitrogens with zero attached hydrogens (tertiary/aromatic N) is 2. The van der Waals surface area contributed by atoms with Crippen molar-refractivity contribution in [1.82, 2.24) is 15.1 Å². The molecule has 0 bridgehead atoms. The summed E-state index contributed by atoms with van der Waals surface area (Å²) in [5, 5.41) is 3.22. The lowest BCUT2D eigenvalue weighted by Gasteiger charge is -2.53. The van der Waals surface area contributed by atoms with Gasteiger partial charge in [0.05, 0.1) is 18.6 Å². The molecule has 1 saturated carbocycles. The molecule has 166 valence electrons. The van der Waals surface area contributed by atoms with Crippen LogP contribution in [-0.2, 0) is 16.1 Å². The summed E-state index contributed by atoms with van der Waals surface area (Å²) < 4.78 is 19.1. The topological polar surface area (TPSA) is 44.8 Å². The number of halogens is 1. The maximum Gasteiger partial charge on any atom is 0.228 e. The first-order valence-electron chi connectivity index (χ1n) is 11.6. The number of carbonyl (C=O) groups is 1. The Kier molecular flexibility index (Phi) is 6.75. The summed E-state index contributed by atoms with van der Waals surface area (Å²) in [6.07, 6.45) is 4.24. The molecule has 1 aliphatic carbocycles. The van der Waals surface area contributed by atoms with Gasteiger partial charge in [0.2, 0.25) is 5.91 Å². The van der Waals surface area contributed by atoms with Gasteiger partial charge in [-0.05, 0) is 68.8 Å². The van der Waals surface area contributed by atoms with E-state index >= 15 is 0 Å². The molecule has 1 aromatic carbocycles. The van der Waals surface area contributed by atoms with Crippen LogP contribution in [0.5, 0.6) is 0 Å². The molecule has 0 spiro atoms. The first kappa shape index (κ1) is 21.7. The number of morpholine rings is 1. The average molecular weight is 418 g/mol. The molecule has 5 nitrogen and oxygen atoms in total. The second-order valence-corrected chi connectivity index (χ2v) is 9.35. The van der Waals surface area contributed by atoms with Crippen LogP contribution in [0.2, 0.25) is 0 Å². The van der Waals surface area contributed by atoms with Gasteiger partial charge in [-0.3, -0.25) is 9.69 Å². The van der Waals surface area contributed by atoms with Crippen LogP contribution in [0.15, 0.2) is 18.2 Å². The van der Waals surface area contributed by atoms with Crippen molar-refractivity contribution in [2.75, 3.05) is 45.9 Å². The molecule has 2 heterocycles. The second-order valence-electron chi connectivity index (χ2n) is 9.35. The maximum atomic E-state index is 13.6. The molecule has 1 N–H and O–H groups in total. The predicted molar refractivity (Wildman–Crippen MR) is 116 cm³/mol. The zero-order valence-corrected chi connectivity index (χ0v) is 18.5. The summed E-state index contributed by atoms with van der Waals surface area (Å²) in [4.78, 5) is 18.6. The van der Waals surface area contributed by atoms with Gasteiger partial charge in [0.1, 0.15) is 5.82 Å². The fourth-order valence-electron chi connectivity index (χ4n) is 5.81. The normalized spacial score (nSPS) is 30.6. The monoisotopic (exact) mass is 417 g/mol. The first-order chi connectivity index (χ1) is 14.5. The van der Waals surface area contributed by atoms with E-state index in [1.807, 2.05) is 6.07 Å². The van der Waals surface area contributed by atoms with Crippen LogP contribution in [0.3, 0.4) is 0 Å². The highest BCUT2D eigenvalue weighted by molar-refractivity contribution is 5.83. The van der Waals surface area contributed by atoms with Gasteiger partial charge < -0.3 is 15.0 Å². The summed E-state index contributed by atoms with van der Waals surface area (Å²) in [6, 6.07) is 5.67. The Morgan fingerprint density at radius 2 is 2.07 bits per heavy atom. The molecule has 0 aromatic heterocycles. The lowest BCUT2D eigenvalue weighted by Crippen LogP contribution is -2.60. The second kappa shape index (κ2) is 9.33. The zero-order chi connectivity index (χ0) is 21.1. The van der Waals surface area contributed by atoms with Crippen LogP contribution in [0.25, 0.3) is 0 Å². The number of piperidine rings is 1. The van der Waals surface area contributed by atoms with Crippen LogP contribution in [0.1, 0.15) is 43.7 Å². The van der Waals surface area contributed by atoms with E-state index < -0.39 is 0 Å². The summed E-state index contributed by atoms with van der Waals surface area (Å²) >= 11 is 0. The molecule has 3 fully saturated rings. The minimum Gasteiger partial charge on any atom is -0.379 e. The van der Waals surface area contributed by atoms with E-state index in [1.54, 1.807) is 13.0 Å². The maximum absolute atomic E-state index is 13.6. The Balaban J connectivity index is 1.46. The Hall–Kier alpha value is -1.50. The van der Waals surface area contributed by atoms with E-state index in [2.05, 4.69) is 22.0 Å². The molecular formula is C24H36FN3O2. The molecular weight excluding hydrogens is 381 g/mol. The third-order valence-corrected chi connectivity index (χ3v) is 7.70. The highest BCUT2D eigenvalue weighted by Crippen LogP contribution is 2.47. The number of ether oxygens (including phenoxy) is 1. The molecule has 0 radical (unpaired) electrons. The molecule has 4 rings (SSSR count). The lowest BCUT2D eigenvalue weighted by molar-refractivity contribution is -0.145. The minimum absolute atomic E-state index is 0.188. The SMILES string of the molecule is CCN1CC[C@@H]2C[C@@H](N3CCOCC3)CC[C@@]2(C(=O)NCc2ccc(F)c(C)c2)C1. The Bertz CT molecular complexity index is 752. The fraction of sp³-hybridized carbons (Fsp3) is 0.708. The Morgan fingerprint density at radius 3 is 2.80 bits per heavy atom. The third-order valence-electron chi connectivity index (χ3n) is 7.70. The number of amides is 1. The number of likely N-dealkylation sites (tertiary alicyclic amines) is 1. The van der Waals surface area contributed by atoms with Gasteiger partial charge in [-0.25, -0.2) is 4.39 Å². The molecule has 0 unspecified atom stereocenters.